The second kappa shape index (κ2) is 6.72. The van der Waals surface area contributed by atoms with Gasteiger partial charge in [0.2, 0.25) is 0 Å². The Balaban J connectivity index is 2.30. The van der Waals surface area contributed by atoms with Crippen molar-refractivity contribution in [1.29, 1.82) is 0 Å². The van der Waals surface area contributed by atoms with Gasteiger partial charge in [-0.2, -0.15) is 0 Å². The van der Waals surface area contributed by atoms with Gasteiger partial charge in [-0.1, -0.05) is 44.2 Å². The quantitative estimate of drug-likeness (QED) is 0.661. The van der Waals surface area contributed by atoms with E-state index in [1.54, 1.807) is 0 Å². The average Bonchev–Trinajstić information content (AvgIpc) is 2.45. The van der Waals surface area contributed by atoms with E-state index < -0.39 is 0 Å². The Labute approximate surface area is 130 Å². The number of esters is 1. The maximum atomic E-state index is 12.4. The van der Waals surface area contributed by atoms with Gasteiger partial charge in [0.05, 0.1) is 18.2 Å². The monoisotopic (exact) mass is 304 g/mol. The minimum Gasteiger partial charge on any atom is -0.462 e. The summed E-state index contributed by atoms with van der Waals surface area (Å²) in [6.45, 7) is 6.27. The van der Waals surface area contributed by atoms with Crippen molar-refractivity contribution in [3.8, 4) is 0 Å². The zero-order chi connectivity index (χ0) is 15.4. The van der Waals surface area contributed by atoms with Crippen LogP contribution in [-0.4, -0.2) is 17.7 Å². The van der Waals surface area contributed by atoms with E-state index in [0.717, 1.165) is 11.3 Å². The molecule has 0 radical (unpaired) electrons. The molecule has 1 aliphatic rings. The van der Waals surface area contributed by atoms with Gasteiger partial charge in [-0.05, 0) is 30.6 Å². The van der Waals surface area contributed by atoms with Crippen LogP contribution in [0.15, 0.2) is 41.6 Å². The zero-order valence-electron chi connectivity index (χ0n) is 12.5. The van der Waals surface area contributed by atoms with Crippen LogP contribution >= 0.6 is 12.2 Å². The molecule has 0 bridgehead atoms. The van der Waals surface area contributed by atoms with Crippen molar-refractivity contribution in [2.45, 2.75) is 26.8 Å². The molecule has 112 valence electrons. The fraction of sp³-hybridized carbons (Fsp3) is 0.375. The number of allylic oxidation sites excluding steroid dienone is 1. The SMILES string of the molecule is CC1=C(C(=O)OCC(C)C)[C@H](c2ccccc2)NC(=S)N1. The summed E-state index contributed by atoms with van der Waals surface area (Å²) in [4.78, 5) is 12.4. The molecule has 5 heteroatoms. The number of nitrogens with one attached hydrogen (secondary N) is 2. The van der Waals surface area contributed by atoms with Crippen LogP contribution in [0, 0.1) is 5.92 Å². The van der Waals surface area contributed by atoms with Crippen molar-refractivity contribution in [3.05, 3.63) is 47.2 Å². The van der Waals surface area contributed by atoms with Gasteiger partial charge in [0.25, 0.3) is 0 Å². The summed E-state index contributed by atoms with van der Waals surface area (Å²) in [6, 6.07) is 9.47. The van der Waals surface area contributed by atoms with E-state index in [2.05, 4.69) is 10.6 Å². The molecule has 1 atom stereocenters. The maximum absolute atomic E-state index is 12.4. The molecular weight excluding hydrogens is 284 g/mol. The topological polar surface area (TPSA) is 50.4 Å². The second-order valence-electron chi connectivity index (χ2n) is 5.47. The van der Waals surface area contributed by atoms with Crippen molar-refractivity contribution >= 4 is 23.3 Å². The van der Waals surface area contributed by atoms with Crippen molar-refractivity contribution < 1.29 is 9.53 Å². The first-order valence-electron chi connectivity index (χ1n) is 6.99. The molecule has 0 saturated carbocycles. The van der Waals surface area contributed by atoms with E-state index in [1.165, 1.54) is 0 Å². The van der Waals surface area contributed by atoms with Gasteiger partial charge in [0.1, 0.15) is 0 Å². The molecule has 1 aliphatic heterocycles. The summed E-state index contributed by atoms with van der Waals surface area (Å²) in [5.74, 6) is -0.00632. The molecule has 1 aromatic rings. The molecule has 0 saturated heterocycles. The summed E-state index contributed by atoms with van der Waals surface area (Å²) in [5.41, 5.74) is 2.30. The number of thiocarbonyl (C=S) groups is 1. The molecular formula is C16H20N2O2S. The average molecular weight is 304 g/mol. The number of benzene rings is 1. The van der Waals surface area contributed by atoms with E-state index in [-0.39, 0.29) is 12.0 Å². The summed E-state index contributed by atoms with van der Waals surface area (Å²) in [5, 5.41) is 6.66. The molecule has 2 N–H and O–H groups in total. The number of rotatable bonds is 4. The molecule has 1 aromatic carbocycles. The first-order valence-corrected chi connectivity index (χ1v) is 7.40. The van der Waals surface area contributed by atoms with Crippen LogP contribution in [0.1, 0.15) is 32.4 Å². The first-order chi connectivity index (χ1) is 9.99. The molecule has 21 heavy (non-hydrogen) atoms. The molecule has 2 rings (SSSR count). The molecule has 1 heterocycles. The Morgan fingerprint density at radius 3 is 2.62 bits per heavy atom. The molecule has 0 unspecified atom stereocenters. The smallest absolute Gasteiger partial charge is 0.338 e. The molecule has 4 nitrogen and oxygen atoms in total. The van der Waals surface area contributed by atoms with Crippen molar-refractivity contribution in [1.82, 2.24) is 10.6 Å². The Hall–Kier alpha value is -1.88. The van der Waals surface area contributed by atoms with Gasteiger partial charge in [-0.3, -0.25) is 0 Å². The second-order valence-corrected chi connectivity index (χ2v) is 5.88. The molecule has 0 aromatic heterocycles. The lowest BCUT2D eigenvalue weighted by Gasteiger charge is -2.30. The number of hydrogen-bond acceptors (Lipinski definition) is 3. The lowest BCUT2D eigenvalue weighted by atomic mass is 9.96. The highest BCUT2D eigenvalue weighted by atomic mass is 32.1. The summed E-state index contributed by atoms with van der Waals surface area (Å²) < 4.78 is 5.38. The summed E-state index contributed by atoms with van der Waals surface area (Å²) in [6.07, 6.45) is 0. The van der Waals surface area contributed by atoms with E-state index in [0.29, 0.717) is 23.2 Å². The number of carbonyl (C=O) groups is 1. The lowest BCUT2D eigenvalue weighted by molar-refractivity contribution is -0.140. The largest absolute Gasteiger partial charge is 0.462 e. The van der Waals surface area contributed by atoms with Crippen molar-refractivity contribution in [2.75, 3.05) is 6.61 Å². The normalized spacial score (nSPS) is 18.3. The fourth-order valence-electron chi connectivity index (χ4n) is 2.18. The van der Waals surface area contributed by atoms with Gasteiger partial charge in [0.15, 0.2) is 5.11 Å². The summed E-state index contributed by atoms with van der Waals surface area (Å²) in [7, 11) is 0. The highest BCUT2D eigenvalue weighted by Crippen LogP contribution is 2.27. The molecule has 0 spiro atoms. The fourth-order valence-corrected chi connectivity index (χ4v) is 2.45. The standard InChI is InChI=1S/C16H20N2O2S/c1-10(2)9-20-15(19)13-11(3)17-16(21)18-14(13)12-7-5-4-6-8-12/h4-8,10,14H,9H2,1-3H3,(H2,17,18,21)/t14-/m0/s1. The van der Waals surface area contributed by atoms with Gasteiger partial charge in [-0.15, -0.1) is 0 Å². The van der Waals surface area contributed by atoms with Crippen LogP contribution in [0.2, 0.25) is 0 Å². The van der Waals surface area contributed by atoms with Crippen LogP contribution in [0.25, 0.3) is 0 Å². The molecule has 0 amide bonds. The van der Waals surface area contributed by atoms with Crippen LogP contribution in [0.5, 0.6) is 0 Å². The Bertz CT molecular complexity index is 567. The number of ether oxygens (including phenoxy) is 1. The van der Waals surface area contributed by atoms with Crippen molar-refractivity contribution in [3.63, 3.8) is 0 Å². The van der Waals surface area contributed by atoms with Crippen LogP contribution < -0.4 is 10.6 Å². The van der Waals surface area contributed by atoms with E-state index in [9.17, 15) is 4.79 Å². The highest BCUT2D eigenvalue weighted by molar-refractivity contribution is 7.80. The van der Waals surface area contributed by atoms with Crippen molar-refractivity contribution in [2.24, 2.45) is 5.92 Å². The van der Waals surface area contributed by atoms with Crippen LogP contribution in [-0.2, 0) is 9.53 Å². The molecule has 0 fully saturated rings. The highest BCUT2D eigenvalue weighted by Gasteiger charge is 2.30. The zero-order valence-corrected chi connectivity index (χ0v) is 13.3. The predicted molar refractivity (Wildman–Crippen MR) is 86.5 cm³/mol. The lowest BCUT2D eigenvalue weighted by Crippen LogP contribution is -2.45. The minimum absolute atomic E-state index is 0.278. The predicted octanol–water partition coefficient (Wildman–Crippen LogP) is 2.68. The van der Waals surface area contributed by atoms with Gasteiger partial charge >= 0.3 is 5.97 Å². The minimum atomic E-state index is -0.308. The Kier molecular flexibility index (Phi) is 4.96. The van der Waals surface area contributed by atoms with Crippen LogP contribution in [0.4, 0.5) is 0 Å². The van der Waals surface area contributed by atoms with E-state index >= 15 is 0 Å². The summed E-state index contributed by atoms with van der Waals surface area (Å²) >= 11 is 5.20. The number of carbonyl (C=O) groups excluding carboxylic acids is 1. The third kappa shape index (κ3) is 3.82. The first kappa shape index (κ1) is 15.5. The van der Waals surface area contributed by atoms with Crippen LogP contribution in [0.3, 0.4) is 0 Å². The van der Waals surface area contributed by atoms with Gasteiger partial charge in [-0.25, -0.2) is 4.79 Å². The maximum Gasteiger partial charge on any atom is 0.338 e. The van der Waals surface area contributed by atoms with Gasteiger partial charge in [0, 0.05) is 5.70 Å². The van der Waals surface area contributed by atoms with Gasteiger partial charge < -0.3 is 15.4 Å². The Morgan fingerprint density at radius 1 is 1.33 bits per heavy atom. The third-order valence-electron chi connectivity index (χ3n) is 3.17. The molecule has 0 aliphatic carbocycles. The van der Waals surface area contributed by atoms with E-state index in [4.69, 9.17) is 17.0 Å². The van der Waals surface area contributed by atoms with E-state index in [1.807, 2.05) is 51.1 Å². The number of hydrogen-bond donors (Lipinski definition) is 2. The third-order valence-corrected chi connectivity index (χ3v) is 3.39. The Morgan fingerprint density at radius 2 is 2.00 bits per heavy atom.